The maximum Gasteiger partial charge on any atom is 0.270 e. The number of nitrogens with zero attached hydrogens (tertiary/aromatic N) is 5. The summed E-state index contributed by atoms with van der Waals surface area (Å²) in [5.74, 6) is 0.275. The van der Waals surface area contributed by atoms with Crippen LogP contribution >= 0.6 is 0 Å². The molecule has 9 nitrogen and oxygen atoms in total. The number of carbonyl (C=O) groups excluding carboxylic acids is 1. The first-order valence-corrected chi connectivity index (χ1v) is 10.1. The Bertz CT molecular complexity index is 1080. The average molecular weight is 425 g/mol. The van der Waals surface area contributed by atoms with E-state index in [9.17, 15) is 9.18 Å². The van der Waals surface area contributed by atoms with Crippen LogP contribution in [0.25, 0.3) is 11.4 Å². The zero-order valence-electron chi connectivity index (χ0n) is 17.4. The van der Waals surface area contributed by atoms with Gasteiger partial charge in [-0.05, 0) is 67.4 Å². The molecule has 1 saturated heterocycles. The lowest BCUT2D eigenvalue weighted by molar-refractivity contribution is 0.0945. The minimum absolute atomic E-state index is 0.130. The second kappa shape index (κ2) is 9.17. The molecule has 1 aromatic carbocycles. The fraction of sp³-hybridized carbons (Fsp3) is 0.381. The van der Waals surface area contributed by atoms with Crippen molar-refractivity contribution in [2.75, 3.05) is 20.2 Å². The maximum absolute atomic E-state index is 13.6. The molecule has 1 aliphatic heterocycles. The van der Waals surface area contributed by atoms with E-state index in [-0.39, 0.29) is 23.9 Å². The molecule has 0 bridgehead atoms. The Balaban J connectivity index is 1.46. The van der Waals surface area contributed by atoms with E-state index < -0.39 is 5.82 Å². The van der Waals surface area contributed by atoms with Crippen molar-refractivity contribution in [3.63, 3.8) is 0 Å². The third kappa shape index (κ3) is 5.02. The number of ether oxygens (including phenoxy) is 1. The molecular formula is C21H24FN7O2. The third-order valence-electron chi connectivity index (χ3n) is 5.15. The minimum Gasteiger partial charge on any atom is -0.494 e. The van der Waals surface area contributed by atoms with Crippen LogP contribution in [0.1, 0.15) is 28.2 Å². The van der Waals surface area contributed by atoms with Gasteiger partial charge in [0.1, 0.15) is 5.69 Å². The topological polar surface area (TPSA) is 107 Å². The zero-order valence-corrected chi connectivity index (χ0v) is 17.4. The van der Waals surface area contributed by atoms with E-state index in [0.29, 0.717) is 35.1 Å². The number of benzene rings is 1. The fourth-order valence-corrected chi connectivity index (χ4v) is 3.54. The first-order valence-electron chi connectivity index (χ1n) is 10.1. The first-order chi connectivity index (χ1) is 15.0. The van der Waals surface area contributed by atoms with E-state index in [2.05, 4.69) is 31.0 Å². The molecule has 0 unspecified atom stereocenters. The Hall–Kier alpha value is -3.40. The van der Waals surface area contributed by atoms with Crippen molar-refractivity contribution < 1.29 is 13.9 Å². The molecule has 1 atom stereocenters. The number of halogens is 1. The molecule has 1 fully saturated rings. The van der Waals surface area contributed by atoms with Crippen molar-refractivity contribution in [1.82, 2.24) is 35.8 Å². The highest BCUT2D eigenvalue weighted by Gasteiger charge is 2.18. The van der Waals surface area contributed by atoms with Gasteiger partial charge in [0.05, 0.1) is 13.7 Å². The van der Waals surface area contributed by atoms with Gasteiger partial charge >= 0.3 is 0 Å². The lowest BCUT2D eigenvalue weighted by Gasteiger charge is -2.08. The van der Waals surface area contributed by atoms with Gasteiger partial charge in [-0.2, -0.15) is 4.80 Å². The standard InChI is InChI=1S/C21H24FN7O2/c1-13-7-16(20-26-28-29(27-20)12-15-5-6-23-10-15)9-18(25-13)21(30)24-11-14-3-4-17(22)19(8-14)31-2/h3-4,7-9,15,23H,5-6,10-12H2,1-2H3,(H,24,30)/t15-/m1/s1. The monoisotopic (exact) mass is 425 g/mol. The number of hydrogen-bond acceptors (Lipinski definition) is 7. The number of aryl methyl sites for hydroxylation is 1. The predicted octanol–water partition coefficient (Wildman–Crippen LogP) is 1.73. The van der Waals surface area contributed by atoms with Crippen LogP contribution in [0.15, 0.2) is 30.3 Å². The summed E-state index contributed by atoms with van der Waals surface area (Å²) in [6.07, 6.45) is 1.09. The predicted molar refractivity (Wildman–Crippen MR) is 111 cm³/mol. The Morgan fingerprint density at radius 2 is 2.23 bits per heavy atom. The molecule has 3 aromatic rings. The van der Waals surface area contributed by atoms with Crippen LogP contribution < -0.4 is 15.4 Å². The summed E-state index contributed by atoms with van der Waals surface area (Å²) in [7, 11) is 1.40. The van der Waals surface area contributed by atoms with Crippen LogP contribution in [0.2, 0.25) is 0 Å². The number of aromatic nitrogens is 5. The summed E-state index contributed by atoms with van der Waals surface area (Å²) in [4.78, 5) is 18.6. The summed E-state index contributed by atoms with van der Waals surface area (Å²) >= 11 is 0. The van der Waals surface area contributed by atoms with Crippen molar-refractivity contribution in [1.29, 1.82) is 0 Å². The Morgan fingerprint density at radius 3 is 3.00 bits per heavy atom. The highest BCUT2D eigenvalue weighted by Crippen LogP contribution is 2.19. The van der Waals surface area contributed by atoms with E-state index in [4.69, 9.17) is 4.74 Å². The van der Waals surface area contributed by atoms with Gasteiger partial charge in [0.25, 0.3) is 5.91 Å². The summed E-state index contributed by atoms with van der Waals surface area (Å²) in [6, 6.07) is 7.91. The van der Waals surface area contributed by atoms with E-state index in [1.807, 2.05) is 6.07 Å². The summed E-state index contributed by atoms with van der Waals surface area (Å²) in [5, 5.41) is 18.9. The van der Waals surface area contributed by atoms with E-state index in [0.717, 1.165) is 19.5 Å². The number of rotatable bonds is 7. The minimum atomic E-state index is -0.452. The molecule has 162 valence electrons. The van der Waals surface area contributed by atoms with Crippen LogP contribution in [0.4, 0.5) is 4.39 Å². The number of hydrogen-bond donors (Lipinski definition) is 2. The average Bonchev–Trinajstić information content (AvgIpc) is 3.45. The molecule has 0 spiro atoms. The number of nitrogens with one attached hydrogen (secondary N) is 2. The van der Waals surface area contributed by atoms with Gasteiger partial charge in [-0.1, -0.05) is 6.07 Å². The quantitative estimate of drug-likeness (QED) is 0.594. The largest absolute Gasteiger partial charge is 0.494 e. The van der Waals surface area contributed by atoms with E-state index >= 15 is 0 Å². The summed E-state index contributed by atoms with van der Waals surface area (Å²) < 4.78 is 18.5. The van der Waals surface area contributed by atoms with Crippen molar-refractivity contribution in [2.45, 2.75) is 26.4 Å². The van der Waals surface area contributed by atoms with E-state index in [1.54, 1.807) is 29.9 Å². The molecule has 3 heterocycles. The molecule has 0 saturated carbocycles. The Kier molecular flexibility index (Phi) is 6.17. The maximum atomic E-state index is 13.6. The molecule has 1 amide bonds. The third-order valence-corrected chi connectivity index (χ3v) is 5.15. The van der Waals surface area contributed by atoms with Crippen LogP contribution in [0.3, 0.4) is 0 Å². The van der Waals surface area contributed by atoms with Gasteiger partial charge in [0, 0.05) is 17.8 Å². The van der Waals surface area contributed by atoms with Crippen LogP contribution in [0, 0.1) is 18.7 Å². The van der Waals surface area contributed by atoms with Gasteiger partial charge in [-0.3, -0.25) is 4.79 Å². The number of tetrazole rings is 1. The Morgan fingerprint density at radius 1 is 1.35 bits per heavy atom. The number of amides is 1. The molecule has 10 heteroatoms. The second-order valence-electron chi connectivity index (χ2n) is 7.56. The van der Waals surface area contributed by atoms with E-state index in [1.165, 1.54) is 13.2 Å². The normalized spacial score (nSPS) is 15.8. The molecule has 4 rings (SSSR count). The Labute approximate surface area is 179 Å². The molecular weight excluding hydrogens is 401 g/mol. The van der Waals surface area contributed by atoms with Crippen LogP contribution in [-0.2, 0) is 13.1 Å². The van der Waals surface area contributed by atoms with Crippen LogP contribution in [0.5, 0.6) is 5.75 Å². The smallest absolute Gasteiger partial charge is 0.270 e. The first kappa shape index (κ1) is 20.9. The zero-order chi connectivity index (χ0) is 21.8. The van der Waals surface area contributed by atoms with Gasteiger partial charge in [0.2, 0.25) is 5.82 Å². The number of carbonyl (C=O) groups is 1. The molecule has 2 N–H and O–H groups in total. The van der Waals surface area contributed by atoms with Gasteiger partial charge in [-0.15, -0.1) is 10.2 Å². The highest BCUT2D eigenvalue weighted by molar-refractivity contribution is 5.93. The van der Waals surface area contributed by atoms with Gasteiger partial charge in [0.15, 0.2) is 11.6 Å². The van der Waals surface area contributed by atoms with Crippen molar-refractivity contribution in [3.8, 4) is 17.1 Å². The molecule has 0 aliphatic carbocycles. The molecule has 1 aliphatic rings. The van der Waals surface area contributed by atoms with Crippen molar-refractivity contribution >= 4 is 5.91 Å². The summed E-state index contributed by atoms with van der Waals surface area (Å²) in [6.45, 7) is 4.69. The summed E-state index contributed by atoms with van der Waals surface area (Å²) in [5.41, 5.74) is 2.31. The highest BCUT2D eigenvalue weighted by atomic mass is 19.1. The lowest BCUT2D eigenvalue weighted by atomic mass is 10.1. The van der Waals surface area contributed by atoms with Crippen molar-refractivity contribution in [3.05, 3.63) is 53.1 Å². The van der Waals surface area contributed by atoms with Gasteiger partial charge in [-0.25, -0.2) is 9.37 Å². The number of methoxy groups -OCH3 is 1. The van der Waals surface area contributed by atoms with Crippen LogP contribution in [-0.4, -0.2) is 51.3 Å². The van der Waals surface area contributed by atoms with Gasteiger partial charge < -0.3 is 15.4 Å². The SMILES string of the molecule is COc1cc(CNC(=O)c2cc(-c3nnn(C[C@@H]4CCNC4)n3)cc(C)n2)ccc1F. The fourth-order valence-electron chi connectivity index (χ4n) is 3.54. The second-order valence-corrected chi connectivity index (χ2v) is 7.56. The molecule has 31 heavy (non-hydrogen) atoms. The lowest BCUT2D eigenvalue weighted by Crippen LogP contribution is -2.24. The number of pyridine rings is 1. The van der Waals surface area contributed by atoms with Crippen molar-refractivity contribution in [2.24, 2.45) is 5.92 Å². The molecule has 2 aromatic heterocycles. The molecule has 0 radical (unpaired) electrons.